The molecule has 2 heterocycles. The average molecular weight is 397 g/mol. The lowest BCUT2D eigenvalue weighted by atomic mass is 10.2. The summed E-state index contributed by atoms with van der Waals surface area (Å²) in [6.45, 7) is 4.91. The van der Waals surface area contributed by atoms with Gasteiger partial charge in [-0.2, -0.15) is 0 Å². The van der Waals surface area contributed by atoms with Crippen LogP contribution in [0.5, 0.6) is 5.75 Å². The van der Waals surface area contributed by atoms with Crippen molar-refractivity contribution in [3.63, 3.8) is 0 Å². The van der Waals surface area contributed by atoms with Crippen molar-refractivity contribution in [3.8, 4) is 5.75 Å². The third-order valence-corrected chi connectivity index (χ3v) is 5.93. The first-order valence-electron chi connectivity index (χ1n) is 9.43. The Bertz CT molecular complexity index is 917. The molecule has 0 atom stereocenters. The zero-order valence-corrected chi connectivity index (χ0v) is 16.7. The second-order valence-corrected chi connectivity index (χ2v) is 7.99. The number of methoxy groups -OCH3 is 1. The van der Waals surface area contributed by atoms with Crippen LogP contribution in [0.1, 0.15) is 5.01 Å². The summed E-state index contributed by atoms with van der Waals surface area (Å²) in [7, 11) is 1.61. The number of rotatable bonds is 6. The van der Waals surface area contributed by atoms with Crippen molar-refractivity contribution in [2.45, 2.75) is 6.54 Å². The number of aromatic nitrogens is 1. The highest BCUT2D eigenvalue weighted by molar-refractivity contribution is 7.18. The molecular weight excluding hydrogens is 372 g/mol. The molecule has 28 heavy (non-hydrogen) atoms. The third kappa shape index (κ3) is 4.49. The number of para-hydroxylation sites is 3. The number of hydrogen-bond donors (Lipinski definition) is 1. The fraction of sp³-hybridized carbons (Fsp3) is 0.333. The smallest absolute Gasteiger partial charge is 0.238 e. The summed E-state index contributed by atoms with van der Waals surface area (Å²) in [5.74, 6) is 0.667. The van der Waals surface area contributed by atoms with E-state index in [0.29, 0.717) is 18.0 Å². The molecule has 2 aromatic carbocycles. The highest BCUT2D eigenvalue weighted by atomic mass is 32.1. The molecule has 0 spiro atoms. The molecule has 0 bridgehead atoms. The van der Waals surface area contributed by atoms with Gasteiger partial charge in [0.2, 0.25) is 5.91 Å². The second kappa shape index (κ2) is 8.68. The summed E-state index contributed by atoms with van der Waals surface area (Å²) in [6.07, 6.45) is 0. The highest BCUT2D eigenvalue weighted by Gasteiger charge is 2.20. The van der Waals surface area contributed by atoms with Gasteiger partial charge >= 0.3 is 0 Å². The number of thiazole rings is 1. The standard InChI is InChI=1S/C21H24N4O2S/c1-27-18-8-4-2-6-16(18)22-20(26)14-24-10-12-25(13-11-24)15-21-23-17-7-3-5-9-19(17)28-21/h2-9H,10-15H2,1H3,(H,22,26). The number of piperazine rings is 1. The van der Waals surface area contributed by atoms with Gasteiger partial charge in [-0.15, -0.1) is 11.3 Å². The van der Waals surface area contributed by atoms with Gasteiger partial charge in [-0.05, 0) is 24.3 Å². The van der Waals surface area contributed by atoms with E-state index in [1.165, 1.54) is 4.70 Å². The van der Waals surface area contributed by atoms with Crippen molar-refractivity contribution in [1.82, 2.24) is 14.8 Å². The minimum atomic E-state index is -0.0101. The summed E-state index contributed by atoms with van der Waals surface area (Å²) in [5.41, 5.74) is 1.79. The first-order valence-corrected chi connectivity index (χ1v) is 10.2. The van der Waals surface area contributed by atoms with E-state index in [1.54, 1.807) is 18.4 Å². The molecular formula is C21H24N4O2S. The molecule has 6 nitrogen and oxygen atoms in total. The maximum absolute atomic E-state index is 12.4. The Balaban J connectivity index is 1.26. The Kier molecular flexibility index (Phi) is 5.85. The lowest BCUT2D eigenvalue weighted by molar-refractivity contribution is -0.117. The van der Waals surface area contributed by atoms with Crippen molar-refractivity contribution in [1.29, 1.82) is 0 Å². The Morgan fingerprint density at radius 1 is 1.07 bits per heavy atom. The van der Waals surface area contributed by atoms with Crippen molar-refractivity contribution >= 4 is 33.1 Å². The van der Waals surface area contributed by atoms with E-state index in [4.69, 9.17) is 9.72 Å². The van der Waals surface area contributed by atoms with E-state index in [-0.39, 0.29) is 5.91 Å². The number of nitrogens with one attached hydrogen (secondary N) is 1. The van der Waals surface area contributed by atoms with Gasteiger partial charge in [0.05, 0.1) is 36.1 Å². The van der Waals surface area contributed by atoms with Crippen LogP contribution >= 0.6 is 11.3 Å². The zero-order valence-electron chi connectivity index (χ0n) is 15.9. The van der Waals surface area contributed by atoms with Crippen LogP contribution < -0.4 is 10.1 Å². The van der Waals surface area contributed by atoms with E-state index >= 15 is 0 Å². The summed E-state index contributed by atoms with van der Waals surface area (Å²) < 4.78 is 6.53. The Morgan fingerprint density at radius 3 is 2.57 bits per heavy atom. The largest absolute Gasteiger partial charge is 0.495 e. The summed E-state index contributed by atoms with van der Waals surface area (Å²) in [6, 6.07) is 15.7. The fourth-order valence-corrected chi connectivity index (χ4v) is 4.43. The maximum Gasteiger partial charge on any atom is 0.238 e. The Hall–Kier alpha value is -2.48. The van der Waals surface area contributed by atoms with Gasteiger partial charge < -0.3 is 10.1 Å². The molecule has 0 saturated carbocycles. The molecule has 0 unspecified atom stereocenters. The van der Waals surface area contributed by atoms with Crippen LogP contribution in [0.4, 0.5) is 5.69 Å². The van der Waals surface area contributed by atoms with E-state index in [2.05, 4.69) is 33.3 Å². The highest BCUT2D eigenvalue weighted by Crippen LogP contribution is 2.24. The topological polar surface area (TPSA) is 57.7 Å². The molecule has 1 amide bonds. The van der Waals surface area contributed by atoms with Crippen LogP contribution in [-0.2, 0) is 11.3 Å². The SMILES string of the molecule is COc1ccccc1NC(=O)CN1CCN(Cc2nc3ccccc3s2)CC1. The molecule has 146 valence electrons. The third-order valence-electron chi connectivity index (χ3n) is 4.91. The van der Waals surface area contributed by atoms with E-state index < -0.39 is 0 Å². The van der Waals surface area contributed by atoms with Crippen LogP contribution in [0.15, 0.2) is 48.5 Å². The molecule has 4 rings (SSSR count). The van der Waals surface area contributed by atoms with E-state index in [9.17, 15) is 4.79 Å². The van der Waals surface area contributed by atoms with Gasteiger partial charge in [-0.25, -0.2) is 4.98 Å². The fourth-order valence-electron chi connectivity index (χ4n) is 3.43. The van der Waals surface area contributed by atoms with Crippen molar-refractivity contribution in [2.24, 2.45) is 0 Å². The number of carbonyl (C=O) groups excluding carboxylic acids is 1. The van der Waals surface area contributed by atoms with Crippen LogP contribution in [0.2, 0.25) is 0 Å². The predicted molar refractivity (Wildman–Crippen MR) is 113 cm³/mol. The van der Waals surface area contributed by atoms with Gasteiger partial charge in [0.1, 0.15) is 10.8 Å². The number of amides is 1. The van der Waals surface area contributed by atoms with Gasteiger partial charge in [0, 0.05) is 26.2 Å². The number of ether oxygens (including phenoxy) is 1. The van der Waals surface area contributed by atoms with Crippen LogP contribution in [-0.4, -0.2) is 60.5 Å². The maximum atomic E-state index is 12.4. The Labute approximate surface area is 168 Å². The van der Waals surface area contributed by atoms with Crippen molar-refractivity contribution < 1.29 is 9.53 Å². The minimum absolute atomic E-state index is 0.0101. The normalized spacial score (nSPS) is 15.6. The lowest BCUT2D eigenvalue weighted by Gasteiger charge is -2.33. The van der Waals surface area contributed by atoms with Crippen LogP contribution in [0.25, 0.3) is 10.2 Å². The van der Waals surface area contributed by atoms with Crippen molar-refractivity contribution in [3.05, 3.63) is 53.5 Å². The average Bonchev–Trinajstić information content (AvgIpc) is 3.12. The second-order valence-electron chi connectivity index (χ2n) is 6.88. The minimum Gasteiger partial charge on any atom is -0.495 e. The molecule has 0 radical (unpaired) electrons. The van der Waals surface area contributed by atoms with Crippen LogP contribution in [0.3, 0.4) is 0 Å². The molecule has 1 aliphatic rings. The first-order chi connectivity index (χ1) is 13.7. The monoisotopic (exact) mass is 396 g/mol. The molecule has 1 saturated heterocycles. The quantitative estimate of drug-likeness (QED) is 0.694. The zero-order chi connectivity index (χ0) is 19.3. The number of anilines is 1. The number of nitrogens with zero attached hydrogens (tertiary/aromatic N) is 3. The lowest BCUT2D eigenvalue weighted by Crippen LogP contribution is -2.48. The summed E-state index contributed by atoms with van der Waals surface area (Å²) in [5, 5.41) is 4.10. The molecule has 3 aromatic rings. The number of fused-ring (bicyclic) bond motifs is 1. The summed E-state index contributed by atoms with van der Waals surface area (Å²) in [4.78, 5) is 21.7. The number of benzene rings is 2. The van der Waals surface area contributed by atoms with Gasteiger partial charge in [-0.1, -0.05) is 24.3 Å². The van der Waals surface area contributed by atoms with Crippen molar-refractivity contribution in [2.75, 3.05) is 45.2 Å². The molecule has 1 fully saturated rings. The molecule has 0 aliphatic carbocycles. The number of carbonyl (C=O) groups is 1. The van der Waals surface area contributed by atoms with Gasteiger partial charge in [-0.3, -0.25) is 14.6 Å². The predicted octanol–water partition coefficient (Wildman–Crippen LogP) is 3.06. The molecule has 1 aliphatic heterocycles. The molecule has 1 aromatic heterocycles. The van der Waals surface area contributed by atoms with Crippen LogP contribution in [0, 0.1) is 0 Å². The van der Waals surface area contributed by atoms with E-state index in [0.717, 1.165) is 43.2 Å². The first kappa shape index (κ1) is 18.9. The number of hydrogen-bond acceptors (Lipinski definition) is 6. The Morgan fingerprint density at radius 2 is 1.79 bits per heavy atom. The summed E-state index contributed by atoms with van der Waals surface area (Å²) >= 11 is 1.76. The van der Waals surface area contributed by atoms with Gasteiger partial charge in [0.15, 0.2) is 0 Å². The van der Waals surface area contributed by atoms with Gasteiger partial charge in [0.25, 0.3) is 0 Å². The van der Waals surface area contributed by atoms with E-state index in [1.807, 2.05) is 30.3 Å². The molecule has 7 heteroatoms. The molecule has 1 N–H and O–H groups in total.